The first-order valence-electron chi connectivity index (χ1n) is 5.54. The minimum Gasteiger partial charge on any atom is -0.462 e. The smallest absolute Gasteiger partial charge is 0.340 e. The molecule has 0 fully saturated rings. The Hall–Kier alpha value is -1.81. The van der Waals surface area contributed by atoms with Crippen molar-refractivity contribution in [3.8, 4) is 0 Å². The summed E-state index contributed by atoms with van der Waals surface area (Å²) in [6, 6.07) is 5.01. The normalized spacial score (nSPS) is 10.6. The maximum atomic E-state index is 11.9. The first-order chi connectivity index (χ1) is 8.56. The highest BCUT2D eigenvalue weighted by molar-refractivity contribution is 6.35. The number of pyridine rings is 1. The van der Waals surface area contributed by atoms with E-state index in [-0.39, 0.29) is 12.2 Å². The summed E-state index contributed by atoms with van der Waals surface area (Å²) in [6.07, 6.45) is 0. The van der Waals surface area contributed by atoms with Crippen LogP contribution in [0.1, 0.15) is 23.0 Å². The standard InChI is InChI=1S/C13H12ClNO3/c1-3-18-13(17)10-7(2)15-12(16)11-8(10)5-4-6-9(11)14/h4-6H,3H2,1-2H3,(H,15,16). The van der Waals surface area contributed by atoms with Gasteiger partial charge in [0.05, 0.1) is 22.6 Å². The van der Waals surface area contributed by atoms with Gasteiger partial charge in [-0.3, -0.25) is 4.79 Å². The predicted molar refractivity (Wildman–Crippen MR) is 70.3 cm³/mol. The summed E-state index contributed by atoms with van der Waals surface area (Å²) in [4.78, 5) is 26.4. The predicted octanol–water partition coefficient (Wildman–Crippen LogP) is 2.67. The number of rotatable bonds is 2. The molecule has 1 aromatic heterocycles. The van der Waals surface area contributed by atoms with Crippen molar-refractivity contribution in [2.24, 2.45) is 0 Å². The number of H-pyrrole nitrogens is 1. The SMILES string of the molecule is CCOC(=O)c1c(C)[nH]c(=O)c2c(Cl)cccc12. The molecule has 4 nitrogen and oxygen atoms in total. The highest BCUT2D eigenvalue weighted by Gasteiger charge is 2.17. The van der Waals surface area contributed by atoms with Crippen LogP contribution in [0.4, 0.5) is 0 Å². The number of aromatic nitrogens is 1. The van der Waals surface area contributed by atoms with Crippen LogP contribution in [0, 0.1) is 6.92 Å². The number of nitrogens with one attached hydrogen (secondary N) is 1. The van der Waals surface area contributed by atoms with Gasteiger partial charge in [0.15, 0.2) is 0 Å². The number of hydrogen-bond acceptors (Lipinski definition) is 3. The van der Waals surface area contributed by atoms with Gasteiger partial charge in [0.25, 0.3) is 5.56 Å². The third kappa shape index (κ3) is 1.99. The number of fused-ring (bicyclic) bond motifs is 1. The molecule has 1 N–H and O–H groups in total. The summed E-state index contributed by atoms with van der Waals surface area (Å²) in [6.45, 7) is 3.67. The molecule has 1 heterocycles. The Labute approximate surface area is 109 Å². The molecule has 0 atom stereocenters. The maximum absolute atomic E-state index is 11.9. The molecule has 0 aliphatic rings. The van der Waals surface area contributed by atoms with Crippen LogP contribution in [0.2, 0.25) is 5.02 Å². The molecule has 2 aromatic rings. The summed E-state index contributed by atoms with van der Waals surface area (Å²) in [5.41, 5.74) is 0.531. The summed E-state index contributed by atoms with van der Waals surface area (Å²) < 4.78 is 4.99. The van der Waals surface area contributed by atoms with Crippen LogP contribution < -0.4 is 5.56 Å². The fourth-order valence-corrected chi connectivity index (χ4v) is 2.19. The van der Waals surface area contributed by atoms with Crippen LogP contribution in [0.25, 0.3) is 10.8 Å². The van der Waals surface area contributed by atoms with Crippen LogP contribution in [-0.2, 0) is 4.74 Å². The number of esters is 1. The Morgan fingerprint density at radius 2 is 2.17 bits per heavy atom. The lowest BCUT2D eigenvalue weighted by Crippen LogP contribution is -2.16. The number of benzene rings is 1. The number of carbonyl (C=O) groups excluding carboxylic acids is 1. The number of halogens is 1. The molecule has 0 aliphatic heterocycles. The fourth-order valence-electron chi connectivity index (χ4n) is 1.93. The second-order valence-corrected chi connectivity index (χ2v) is 4.24. The van der Waals surface area contributed by atoms with E-state index in [4.69, 9.17) is 16.3 Å². The third-order valence-corrected chi connectivity index (χ3v) is 2.98. The van der Waals surface area contributed by atoms with Gasteiger partial charge < -0.3 is 9.72 Å². The van der Waals surface area contributed by atoms with E-state index < -0.39 is 5.97 Å². The lowest BCUT2D eigenvalue weighted by atomic mass is 10.0. The van der Waals surface area contributed by atoms with E-state index in [2.05, 4.69) is 4.98 Å². The van der Waals surface area contributed by atoms with Gasteiger partial charge in [-0.2, -0.15) is 0 Å². The van der Waals surface area contributed by atoms with Gasteiger partial charge in [-0.1, -0.05) is 23.7 Å². The van der Waals surface area contributed by atoms with Crippen LogP contribution in [0.5, 0.6) is 0 Å². The second kappa shape index (κ2) is 4.82. The molecule has 5 heteroatoms. The van der Waals surface area contributed by atoms with Crippen molar-refractivity contribution in [3.63, 3.8) is 0 Å². The molecule has 2 rings (SSSR count). The van der Waals surface area contributed by atoms with Crippen molar-refractivity contribution < 1.29 is 9.53 Å². The monoisotopic (exact) mass is 265 g/mol. The van der Waals surface area contributed by atoms with Gasteiger partial charge in [0, 0.05) is 11.1 Å². The molecular weight excluding hydrogens is 254 g/mol. The quantitative estimate of drug-likeness (QED) is 0.850. The second-order valence-electron chi connectivity index (χ2n) is 3.84. The van der Waals surface area contributed by atoms with Crippen molar-refractivity contribution in [1.29, 1.82) is 0 Å². The van der Waals surface area contributed by atoms with E-state index in [1.807, 2.05) is 0 Å². The van der Waals surface area contributed by atoms with E-state index in [1.165, 1.54) is 0 Å². The average Bonchev–Trinajstić information content (AvgIpc) is 2.28. The van der Waals surface area contributed by atoms with Crippen molar-refractivity contribution in [2.75, 3.05) is 6.61 Å². The molecule has 0 amide bonds. The molecule has 94 valence electrons. The summed E-state index contributed by atoms with van der Waals surface area (Å²) in [7, 11) is 0. The van der Waals surface area contributed by atoms with Gasteiger partial charge in [0.2, 0.25) is 0 Å². The highest BCUT2D eigenvalue weighted by atomic mass is 35.5. The largest absolute Gasteiger partial charge is 0.462 e. The topological polar surface area (TPSA) is 59.2 Å². The molecule has 0 spiro atoms. The average molecular weight is 266 g/mol. The Morgan fingerprint density at radius 1 is 1.44 bits per heavy atom. The molecule has 0 unspecified atom stereocenters. The van der Waals surface area contributed by atoms with Crippen molar-refractivity contribution in [2.45, 2.75) is 13.8 Å². The number of hydrogen-bond donors (Lipinski definition) is 1. The van der Waals surface area contributed by atoms with Gasteiger partial charge in [-0.05, 0) is 19.9 Å². The van der Waals surface area contributed by atoms with Gasteiger partial charge in [0.1, 0.15) is 0 Å². The molecule has 0 aliphatic carbocycles. The van der Waals surface area contributed by atoms with Gasteiger partial charge >= 0.3 is 5.97 Å². The molecule has 0 radical (unpaired) electrons. The van der Waals surface area contributed by atoms with Gasteiger partial charge in [-0.15, -0.1) is 0 Å². The van der Waals surface area contributed by atoms with E-state index in [9.17, 15) is 9.59 Å². The zero-order valence-electron chi connectivity index (χ0n) is 10.0. The molecule has 1 aromatic carbocycles. The minimum absolute atomic E-state index is 0.277. The van der Waals surface area contributed by atoms with Gasteiger partial charge in [-0.25, -0.2) is 4.79 Å². The molecule has 18 heavy (non-hydrogen) atoms. The Morgan fingerprint density at radius 3 is 2.83 bits per heavy atom. The first-order valence-corrected chi connectivity index (χ1v) is 5.92. The Balaban J connectivity index is 2.85. The van der Waals surface area contributed by atoms with E-state index in [1.54, 1.807) is 32.0 Å². The van der Waals surface area contributed by atoms with Crippen LogP contribution >= 0.6 is 11.6 Å². The van der Waals surface area contributed by atoms with E-state index >= 15 is 0 Å². The Kier molecular flexibility index (Phi) is 3.39. The number of aromatic amines is 1. The van der Waals surface area contributed by atoms with Crippen molar-refractivity contribution >= 4 is 28.3 Å². The highest BCUT2D eigenvalue weighted by Crippen LogP contribution is 2.24. The number of ether oxygens (including phenoxy) is 1. The molecule has 0 saturated heterocycles. The first kappa shape index (κ1) is 12.6. The Bertz CT molecular complexity index is 676. The van der Waals surface area contributed by atoms with Crippen LogP contribution in [0.15, 0.2) is 23.0 Å². The lowest BCUT2D eigenvalue weighted by Gasteiger charge is -2.09. The third-order valence-electron chi connectivity index (χ3n) is 2.67. The number of aryl methyl sites for hydroxylation is 1. The summed E-state index contributed by atoms with van der Waals surface area (Å²) in [5.74, 6) is -0.460. The van der Waals surface area contributed by atoms with E-state index in [0.717, 1.165) is 0 Å². The summed E-state index contributed by atoms with van der Waals surface area (Å²) >= 11 is 6.00. The maximum Gasteiger partial charge on any atom is 0.340 e. The van der Waals surface area contributed by atoms with Crippen molar-refractivity contribution in [3.05, 3.63) is 44.8 Å². The fraction of sp³-hybridized carbons (Fsp3) is 0.231. The van der Waals surface area contributed by atoms with E-state index in [0.29, 0.717) is 27.1 Å². The molecular formula is C13H12ClNO3. The van der Waals surface area contributed by atoms with Crippen LogP contribution in [0.3, 0.4) is 0 Å². The summed E-state index contributed by atoms with van der Waals surface area (Å²) in [5, 5.41) is 1.15. The van der Waals surface area contributed by atoms with Crippen LogP contribution in [-0.4, -0.2) is 17.6 Å². The zero-order valence-corrected chi connectivity index (χ0v) is 10.8. The molecule has 0 saturated carbocycles. The lowest BCUT2D eigenvalue weighted by molar-refractivity contribution is 0.0527. The molecule has 0 bridgehead atoms. The number of carbonyl (C=O) groups is 1. The minimum atomic E-state index is -0.460. The van der Waals surface area contributed by atoms with Crippen molar-refractivity contribution in [1.82, 2.24) is 4.98 Å². The zero-order chi connectivity index (χ0) is 13.3.